The number of amides is 2. The number of primary amides is 1. The first-order valence-electron chi connectivity index (χ1n) is 9.14. The molecule has 0 radical (unpaired) electrons. The van der Waals surface area contributed by atoms with Gasteiger partial charge in [-0.1, -0.05) is 12.1 Å². The first-order valence-corrected chi connectivity index (χ1v) is 9.14. The summed E-state index contributed by atoms with van der Waals surface area (Å²) in [4.78, 5) is 28.9. The molecule has 0 unspecified atom stereocenters. The van der Waals surface area contributed by atoms with Crippen LogP contribution in [0.5, 0.6) is 0 Å². The van der Waals surface area contributed by atoms with Crippen LogP contribution in [-0.4, -0.2) is 63.1 Å². The zero-order valence-corrected chi connectivity index (χ0v) is 18.8. The van der Waals surface area contributed by atoms with Crippen molar-refractivity contribution in [1.82, 2.24) is 15.5 Å². The van der Waals surface area contributed by atoms with Gasteiger partial charge in [0.15, 0.2) is 5.96 Å². The van der Waals surface area contributed by atoms with Crippen molar-refractivity contribution in [2.75, 3.05) is 40.4 Å². The molecule has 8 nitrogen and oxygen atoms in total. The molecule has 0 spiro atoms. The SMILES string of the molecule is CN=C(NCc1ccc(C(=O)NCC(N)=O)cc1)N(C)CCOCC1CC1.I. The van der Waals surface area contributed by atoms with E-state index in [2.05, 4.69) is 15.6 Å². The molecule has 28 heavy (non-hydrogen) atoms. The average molecular weight is 503 g/mol. The van der Waals surface area contributed by atoms with Crippen LogP contribution in [0.1, 0.15) is 28.8 Å². The number of hydrogen-bond donors (Lipinski definition) is 3. The van der Waals surface area contributed by atoms with Crippen molar-refractivity contribution in [2.45, 2.75) is 19.4 Å². The molecule has 4 N–H and O–H groups in total. The number of carbonyl (C=O) groups excluding carboxylic acids is 2. The van der Waals surface area contributed by atoms with Crippen molar-refractivity contribution in [2.24, 2.45) is 16.6 Å². The highest BCUT2D eigenvalue weighted by molar-refractivity contribution is 14.0. The standard InChI is InChI=1S/C19H29N5O3.HI/c1-21-19(24(2)9-10-27-13-15-3-4-15)23-11-14-5-7-16(8-6-14)18(26)22-12-17(20)25;/h5-8,15H,3-4,9-13H2,1-2H3,(H2,20,25)(H,21,23)(H,22,26);1H. The van der Waals surface area contributed by atoms with Gasteiger partial charge in [-0.2, -0.15) is 0 Å². The van der Waals surface area contributed by atoms with Crippen LogP contribution in [0.4, 0.5) is 0 Å². The summed E-state index contributed by atoms with van der Waals surface area (Å²) in [5, 5.41) is 5.76. The van der Waals surface area contributed by atoms with Gasteiger partial charge < -0.3 is 26.0 Å². The fourth-order valence-electron chi connectivity index (χ4n) is 2.45. The molecule has 0 aliphatic heterocycles. The van der Waals surface area contributed by atoms with Gasteiger partial charge in [0.1, 0.15) is 0 Å². The van der Waals surface area contributed by atoms with E-state index < -0.39 is 5.91 Å². The number of aliphatic imine (C=N–C) groups is 1. The Balaban J connectivity index is 0.00000392. The summed E-state index contributed by atoms with van der Waals surface area (Å²) in [7, 11) is 3.72. The Kier molecular flexibility index (Phi) is 10.8. The van der Waals surface area contributed by atoms with Crippen molar-refractivity contribution in [3.8, 4) is 0 Å². The molecule has 1 aliphatic carbocycles. The summed E-state index contributed by atoms with van der Waals surface area (Å²) < 4.78 is 5.66. The zero-order valence-electron chi connectivity index (χ0n) is 16.4. The topological polar surface area (TPSA) is 109 Å². The minimum Gasteiger partial charge on any atom is -0.379 e. The summed E-state index contributed by atoms with van der Waals surface area (Å²) in [5.41, 5.74) is 6.51. The molecular formula is C19H30IN5O3. The highest BCUT2D eigenvalue weighted by atomic mass is 127. The summed E-state index contributed by atoms with van der Waals surface area (Å²) >= 11 is 0. The third-order valence-electron chi connectivity index (χ3n) is 4.28. The predicted molar refractivity (Wildman–Crippen MR) is 120 cm³/mol. The number of guanidine groups is 1. The molecule has 1 aromatic carbocycles. The van der Waals surface area contributed by atoms with E-state index in [1.165, 1.54) is 12.8 Å². The molecule has 1 aliphatic rings. The lowest BCUT2D eigenvalue weighted by Gasteiger charge is -2.22. The van der Waals surface area contributed by atoms with Gasteiger partial charge in [-0.3, -0.25) is 14.6 Å². The molecule has 9 heteroatoms. The fourth-order valence-corrected chi connectivity index (χ4v) is 2.45. The molecule has 2 rings (SSSR count). The Hall–Kier alpha value is -1.88. The lowest BCUT2D eigenvalue weighted by Crippen LogP contribution is -2.40. The minimum atomic E-state index is -0.572. The molecular weight excluding hydrogens is 473 g/mol. The van der Waals surface area contributed by atoms with Crippen LogP contribution >= 0.6 is 24.0 Å². The highest BCUT2D eigenvalue weighted by Gasteiger charge is 2.21. The van der Waals surface area contributed by atoms with E-state index in [0.717, 1.165) is 30.6 Å². The van der Waals surface area contributed by atoms with Crippen molar-refractivity contribution in [1.29, 1.82) is 0 Å². The van der Waals surface area contributed by atoms with Crippen LogP contribution in [0, 0.1) is 5.92 Å². The lowest BCUT2D eigenvalue weighted by molar-refractivity contribution is -0.117. The highest BCUT2D eigenvalue weighted by Crippen LogP contribution is 2.28. The molecule has 1 fully saturated rings. The quantitative estimate of drug-likeness (QED) is 0.191. The van der Waals surface area contributed by atoms with E-state index >= 15 is 0 Å². The van der Waals surface area contributed by atoms with Crippen molar-refractivity contribution in [3.63, 3.8) is 0 Å². The maximum atomic E-state index is 11.9. The molecule has 156 valence electrons. The molecule has 0 saturated heterocycles. The molecule has 2 amide bonds. The van der Waals surface area contributed by atoms with Crippen LogP contribution in [0.2, 0.25) is 0 Å². The number of hydrogen-bond acceptors (Lipinski definition) is 4. The van der Waals surface area contributed by atoms with Crippen molar-refractivity contribution >= 4 is 41.8 Å². The third kappa shape index (κ3) is 8.87. The van der Waals surface area contributed by atoms with E-state index in [9.17, 15) is 9.59 Å². The second kappa shape index (κ2) is 12.6. The number of nitrogens with one attached hydrogen (secondary N) is 2. The number of benzene rings is 1. The number of halogens is 1. The Morgan fingerprint density at radius 1 is 1.25 bits per heavy atom. The number of nitrogens with zero attached hydrogens (tertiary/aromatic N) is 2. The molecule has 0 atom stereocenters. The molecule has 0 bridgehead atoms. The minimum absolute atomic E-state index is 0. The monoisotopic (exact) mass is 503 g/mol. The van der Waals surface area contributed by atoms with Crippen molar-refractivity contribution in [3.05, 3.63) is 35.4 Å². The number of likely N-dealkylation sites (N-methyl/N-ethyl adjacent to an activating group) is 1. The molecule has 0 aromatic heterocycles. The van der Waals surface area contributed by atoms with E-state index in [4.69, 9.17) is 10.5 Å². The lowest BCUT2D eigenvalue weighted by atomic mass is 10.1. The van der Waals surface area contributed by atoms with E-state index in [0.29, 0.717) is 18.7 Å². The Morgan fingerprint density at radius 3 is 2.50 bits per heavy atom. The summed E-state index contributed by atoms with van der Waals surface area (Å²) in [6.07, 6.45) is 2.59. The molecule has 0 heterocycles. The van der Waals surface area contributed by atoms with Gasteiger partial charge in [-0.05, 0) is 36.5 Å². The average Bonchev–Trinajstić information content (AvgIpc) is 3.48. The van der Waals surface area contributed by atoms with E-state index in [-0.39, 0.29) is 36.4 Å². The number of rotatable bonds is 10. The summed E-state index contributed by atoms with van der Waals surface area (Å²) in [5.74, 6) is 0.662. The maximum Gasteiger partial charge on any atom is 0.251 e. The number of ether oxygens (including phenoxy) is 1. The third-order valence-corrected chi connectivity index (χ3v) is 4.28. The van der Waals surface area contributed by atoms with E-state index in [1.54, 1.807) is 19.2 Å². The largest absolute Gasteiger partial charge is 0.379 e. The van der Waals surface area contributed by atoms with Crippen LogP contribution in [0.25, 0.3) is 0 Å². The van der Waals surface area contributed by atoms with Gasteiger partial charge in [0.25, 0.3) is 5.91 Å². The molecule has 1 aromatic rings. The zero-order chi connectivity index (χ0) is 19.6. The van der Waals surface area contributed by atoms with Crippen molar-refractivity contribution < 1.29 is 14.3 Å². The van der Waals surface area contributed by atoms with Gasteiger partial charge >= 0.3 is 0 Å². The van der Waals surface area contributed by atoms with Gasteiger partial charge in [-0.15, -0.1) is 24.0 Å². The van der Waals surface area contributed by atoms with Gasteiger partial charge in [0.05, 0.1) is 13.2 Å². The molecule has 1 saturated carbocycles. The van der Waals surface area contributed by atoms with Crippen LogP contribution in [0.3, 0.4) is 0 Å². The Bertz CT molecular complexity index is 662. The Labute approximate surface area is 183 Å². The maximum absolute atomic E-state index is 11.9. The van der Waals surface area contributed by atoms with Gasteiger partial charge in [-0.25, -0.2) is 0 Å². The first kappa shape index (κ1) is 24.2. The van der Waals surface area contributed by atoms with Gasteiger partial charge in [0.2, 0.25) is 5.91 Å². The van der Waals surface area contributed by atoms with Crippen LogP contribution in [0.15, 0.2) is 29.3 Å². The first-order chi connectivity index (χ1) is 13.0. The normalized spacial score (nSPS) is 13.4. The smallest absolute Gasteiger partial charge is 0.251 e. The fraction of sp³-hybridized carbons (Fsp3) is 0.526. The van der Waals surface area contributed by atoms with Crippen LogP contribution < -0.4 is 16.4 Å². The number of nitrogens with two attached hydrogens (primary N) is 1. The summed E-state index contributed by atoms with van der Waals surface area (Å²) in [6.45, 7) is 2.73. The van der Waals surface area contributed by atoms with Gasteiger partial charge in [0, 0.05) is 39.4 Å². The summed E-state index contributed by atoms with van der Waals surface area (Å²) in [6, 6.07) is 7.15. The van der Waals surface area contributed by atoms with Crippen LogP contribution in [-0.2, 0) is 16.1 Å². The second-order valence-electron chi connectivity index (χ2n) is 6.69. The predicted octanol–water partition coefficient (Wildman–Crippen LogP) is 0.954. The second-order valence-corrected chi connectivity index (χ2v) is 6.69. The number of carbonyl (C=O) groups is 2. The Morgan fingerprint density at radius 2 is 1.93 bits per heavy atom. The van der Waals surface area contributed by atoms with E-state index in [1.807, 2.05) is 24.1 Å².